The van der Waals surface area contributed by atoms with Gasteiger partial charge in [0.15, 0.2) is 0 Å². The summed E-state index contributed by atoms with van der Waals surface area (Å²) in [6.07, 6.45) is 3.65. The van der Waals surface area contributed by atoms with E-state index in [2.05, 4.69) is 28.7 Å². The second-order valence-electron chi connectivity index (χ2n) is 4.85. The number of carbonyl (C=O) groups is 1. The van der Waals surface area contributed by atoms with E-state index in [0.717, 1.165) is 28.5 Å². The molecule has 1 aliphatic heterocycles. The molecule has 2 heterocycles. The zero-order chi connectivity index (χ0) is 14.3. The molecule has 3 rings (SSSR count). The van der Waals surface area contributed by atoms with Crippen LogP contribution in [0.25, 0.3) is 10.9 Å². The lowest BCUT2D eigenvalue weighted by Gasteiger charge is -2.21. The fourth-order valence-corrected chi connectivity index (χ4v) is 3.44. The van der Waals surface area contributed by atoms with Crippen molar-refractivity contribution < 1.29 is 9.53 Å². The second kappa shape index (κ2) is 5.20. The molecule has 0 radical (unpaired) electrons. The lowest BCUT2D eigenvalue weighted by Crippen LogP contribution is -2.23. The minimum atomic E-state index is -0.533. The van der Waals surface area contributed by atoms with Crippen LogP contribution in [0.4, 0.5) is 0 Å². The fraction of sp³-hybridized carbons (Fsp3) is 0.333. The third-order valence-corrected chi connectivity index (χ3v) is 4.18. The third kappa shape index (κ3) is 2.13. The molecule has 20 heavy (non-hydrogen) atoms. The highest BCUT2D eigenvalue weighted by molar-refractivity contribution is 14.1. The normalized spacial score (nSPS) is 13.5. The van der Waals surface area contributed by atoms with E-state index in [4.69, 9.17) is 4.74 Å². The van der Waals surface area contributed by atoms with Crippen molar-refractivity contribution in [1.82, 2.24) is 4.57 Å². The van der Waals surface area contributed by atoms with Crippen LogP contribution in [0.1, 0.15) is 29.3 Å². The van der Waals surface area contributed by atoms with Crippen molar-refractivity contribution >= 4 is 39.5 Å². The number of hydrogen-bond acceptors (Lipinski definition) is 3. The highest BCUT2D eigenvalue weighted by Gasteiger charge is 2.20. The molecular formula is C15H14INO3. The first-order valence-corrected chi connectivity index (χ1v) is 7.72. The highest BCUT2D eigenvalue weighted by Crippen LogP contribution is 2.26. The van der Waals surface area contributed by atoms with E-state index in [1.165, 1.54) is 5.56 Å². The van der Waals surface area contributed by atoms with Crippen LogP contribution in [0, 0.1) is 3.57 Å². The van der Waals surface area contributed by atoms with Crippen molar-refractivity contribution in [2.75, 3.05) is 6.61 Å². The van der Waals surface area contributed by atoms with Crippen molar-refractivity contribution in [1.29, 1.82) is 0 Å². The van der Waals surface area contributed by atoms with Crippen molar-refractivity contribution in [3.05, 3.63) is 43.2 Å². The summed E-state index contributed by atoms with van der Waals surface area (Å²) >= 11 is 2.21. The number of esters is 1. The van der Waals surface area contributed by atoms with Gasteiger partial charge >= 0.3 is 5.97 Å². The van der Waals surface area contributed by atoms with Gasteiger partial charge in [-0.1, -0.05) is 0 Å². The first-order chi connectivity index (χ1) is 9.61. The Bertz CT molecular complexity index is 764. The highest BCUT2D eigenvalue weighted by atomic mass is 127. The zero-order valence-corrected chi connectivity index (χ0v) is 13.3. The summed E-state index contributed by atoms with van der Waals surface area (Å²) in [6, 6.07) is 3.97. The van der Waals surface area contributed by atoms with Gasteiger partial charge in [-0.05, 0) is 60.1 Å². The Hall–Kier alpha value is -1.37. The smallest absolute Gasteiger partial charge is 0.343 e. The third-order valence-electron chi connectivity index (χ3n) is 3.56. The van der Waals surface area contributed by atoms with E-state index < -0.39 is 5.97 Å². The molecule has 0 saturated heterocycles. The van der Waals surface area contributed by atoms with Crippen LogP contribution in [-0.4, -0.2) is 17.1 Å². The Morgan fingerprint density at radius 3 is 3.00 bits per heavy atom. The maximum absolute atomic E-state index is 12.5. The van der Waals surface area contributed by atoms with E-state index >= 15 is 0 Å². The van der Waals surface area contributed by atoms with Crippen LogP contribution in [0.5, 0.6) is 0 Å². The molecule has 0 bridgehead atoms. The van der Waals surface area contributed by atoms with E-state index in [1.54, 1.807) is 13.1 Å². The average molecular weight is 383 g/mol. The number of pyridine rings is 1. The average Bonchev–Trinajstić information content (AvgIpc) is 2.42. The lowest BCUT2D eigenvalue weighted by molar-refractivity contribution is 0.0524. The van der Waals surface area contributed by atoms with Crippen molar-refractivity contribution in [2.24, 2.45) is 0 Å². The molecule has 0 amide bonds. The van der Waals surface area contributed by atoms with Crippen molar-refractivity contribution in [2.45, 2.75) is 26.3 Å². The predicted octanol–water partition coefficient (Wildman–Crippen LogP) is 2.73. The second-order valence-corrected chi connectivity index (χ2v) is 6.10. The molecule has 2 aromatic rings. The topological polar surface area (TPSA) is 48.3 Å². The van der Waals surface area contributed by atoms with E-state index in [9.17, 15) is 9.59 Å². The van der Waals surface area contributed by atoms with Crippen LogP contribution in [-0.2, 0) is 17.7 Å². The summed E-state index contributed by atoms with van der Waals surface area (Å²) in [4.78, 5) is 24.5. The summed E-state index contributed by atoms with van der Waals surface area (Å²) in [5.41, 5.74) is 2.06. The lowest BCUT2D eigenvalue weighted by atomic mass is 10.00. The Labute approximate surface area is 129 Å². The number of rotatable bonds is 2. The summed E-state index contributed by atoms with van der Waals surface area (Å²) in [6.45, 7) is 2.84. The van der Waals surface area contributed by atoms with Gasteiger partial charge in [0.2, 0.25) is 5.43 Å². The zero-order valence-electron chi connectivity index (χ0n) is 11.1. The molecule has 0 aliphatic carbocycles. The first-order valence-electron chi connectivity index (χ1n) is 6.64. The van der Waals surface area contributed by atoms with Gasteiger partial charge in [0.1, 0.15) is 5.56 Å². The summed E-state index contributed by atoms with van der Waals surface area (Å²) in [5, 5.41) is 0.622. The van der Waals surface area contributed by atoms with Gasteiger partial charge in [-0.25, -0.2) is 4.79 Å². The molecule has 0 atom stereocenters. The molecule has 0 saturated carbocycles. The number of carbonyl (C=O) groups excluding carboxylic acids is 1. The van der Waals surface area contributed by atoms with Crippen LogP contribution < -0.4 is 5.43 Å². The summed E-state index contributed by atoms with van der Waals surface area (Å²) < 4.78 is 8.02. The van der Waals surface area contributed by atoms with E-state index in [1.807, 2.05) is 10.6 Å². The van der Waals surface area contributed by atoms with Gasteiger partial charge < -0.3 is 9.30 Å². The van der Waals surface area contributed by atoms with E-state index in [-0.39, 0.29) is 17.6 Å². The SMILES string of the molecule is CCOC(=O)c1cn2c3c(cc(I)cc3c1=O)CCC2. The molecule has 0 fully saturated rings. The largest absolute Gasteiger partial charge is 0.462 e. The number of ether oxygens (including phenoxy) is 1. The number of nitrogens with zero attached hydrogens (tertiary/aromatic N) is 1. The maximum atomic E-state index is 12.5. The number of benzene rings is 1. The number of halogens is 1. The van der Waals surface area contributed by atoms with Crippen LogP contribution in [0.3, 0.4) is 0 Å². The maximum Gasteiger partial charge on any atom is 0.343 e. The predicted molar refractivity (Wildman–Crippen MR) is 85.2 cm³/mol. The van der Waals surface area contributed by atoms with Crippen LogP contribution in [0.2, 0.25) is 0 Å². The van der Waals surface area contributed by atoms with Gasteiger partial charge in [-0.15, -0.1) is 0 Å². The molecule has 4 nitrogen and oxygen atoms in total. The van der Waals surface area contributed by atoms with Gasteiger partial charge in [0, 0.05) is 21.7 Å². The molecular weight excluding hydrogens is 369 g/mol. The minimum absolute atomic E-state index is 0.134. The standard InChI is InChI=1S/C15H14INO3/c1-2-20-15(19)12-8-17-5-3-4-9-6-10(16)7-11(13(9)17)14(12)18/h6-8H,2-5H2,1H3. The Morgan fingerprint density at radius 2 is 2.25 bits per heavy atom. The Kier molecular flexibility index (Phi) is 3.54. The molecule has 1 aliphatic rings. The Morgan fingerprint density at radius 1 is 1.45 bits per heavy atom. The number of hydrogen-bond donors (Lipinski definition) is 0. The van der Waals surface area contributed by atoms with Gasteiger partial charge in [0.05, 0.1) is 12.1 Å². The Balaban J connectivity index is 2.34. The van der Waals surface area contributed by atoms with Crippen molar-refractivity contribution in [3.8, 4) is 0 Å². The summed E-state index contributed by atoms with van der Waals surface area (Å²) in [5.74, 6) is -0.533. The number of aromatic nitrogens is 1. The monoisotopic (exact) mass is 383 g/mol. The minimum Gasteiger partial charge on any atom is -0.462 e. The molecule has 0 spiro atoms. The molecule has 0 unspecified atom stereocenters. The first kappa shape index (κ1) is 13.6. The fourth-order valence-electron chi connectivity index (χ4n) is 2.75. The molecule has 1 aromatic carbocycles. The molecule has 104 valence electrons. The summed E-state index contributed by atoms with van der Waals surface area (Å²) in [7, 11) is 0. The van der Waals surface area contributed by atoms with Crippen LogP contribution >= 0.6 is 22.6 Å². The molecule has 0 N–H and O–H groups in total. The van der Waals surface area contributed by atoms with E-state index in [0.29, 0.717) is 5.39 Å². The van der Waals surface area contributed by atoms with Crippen LogP contribution in [0.15, 0.2) is 23.1 Å². The van der Waals surface area contributed by atoms with Gasteiger partial charge in [-0.3, -0.25) is 4.79 Å². The molecule has 1 aromatic heterocycles. The van der Waals surface area contributed by atoms with Crippen molar-refractivity contribution in [3.63, 3.8) is 0 Å². The number of aryl methyl sites for hydroxylation is 2. The van der Waals surface area contributed by atoms with Gasteiger partial charge in [0.25, 0.3) is 0 Å². The van der Waals surface area contributed by atoms with Gasteiger partial charge in [-0.2, -0.15) is 0 Å². The molecule has 5 heteroatoms. The quantitative estimate of drug-likeness (QED) is 0.592.